The van der Waals surface area contributed by atoms with Gasteiger partial charge in [-0.3, -0.25) is 9.59 Å². The lowest BCUT2D eigenvalue weighted by atomic mass is 10.1. The van der Waals surface area contributed by atoms with Crippen LogP contribution >= 0.6 is 0 Å². The highest BCUT2D eigenvalue weighted by molar-refractivity contribution is 5.86. The first-order valence-electron chi connectivity index (χ1n) is 9.06. The van der Waals surface area contributed by atoms with Crippen LogP contribution < -0.4 is 9.47 Å². The first-order valence-corrected chi connectivity index (χ1v) is 9.06. The summed E-state index contributed by atoms with van der Waals surface area (Å²) in [7, 11) is 0. The molecule has 1 N–H and O–H groups in total. The Morgan fingerprint density at radius 1 is 1.04 bits per heavy atom. The molecule has 1 heterocycles. The summed E-state index contributed by atoms with van der Waals surface area (Å²) in [5, 5.41) is 9.20. The second-order valence-corrected chi connectivity index (χ2v) is 6.93. The van der Waals surface area contributed by atoms with Gasteiger partial charge in [0.05, 0.1) is 0 Å². The normalized spacial score (nSPS) is 20.0. The number of carboxylic acids is 1. The maximum atomic E-state index is 12.9. The number of carbonyl (C=O) groups excluding carboxylic acids is 1. The van der Waals surface area contributed by atoms with Crippen molar-refractivity contribution in [3.8, 4) is 11.5 Å². The van der Waals surface area contributed by atoms with Gasteiger partial charge in [0.1, 0.15) is 19.8 Å². The lowest BCUT2D eigenvalue weighted by Crippen LogP contribution is -2.36. The molecule has 1 fully saturated rings. The smallest absolute Gasteiger partial charge is 0.323 e. The van der Waals surface area contributed by atoms with Gasteiger partial charge in [-0.2, -0.15) is 0 Å². The zero-order valence-electron chi connectivity index (χ0n) is 14.8. The number of amides is 1. The fourth-order valence-corrected chi connectivity index (χ4v) is 3.54. The second kappa shape index (κ2) is 7.31. The van der Waals surface area contributed by atoms with Crippen LogP contribution in [0.15, 0.2) is 48.5 Å². The fourth-order valence-electron chi connectivity index (χ4n) is 3.54. The number of nitrogens with zero attached hydrogens (tertiary/aromatic N) is 1. The molecule has 0 radical (unpaired) electrons. The van der Waals surface area contributed by atoms with Crippen LogP contribution in [0.2, 0.25) is 0 Å². The topological polar surface area (TPSA) is 76.1 Å². The van der Waals surface area contributed by atoms with Crippen LogP contribution in [0, 0.1) is 5.92 Å². The molecular formula is C21H21NO5. The molecular weight excluding hydrogens is 346 g/mol. The third-order valence-corrected chi connectivity index (χ3v) is 4.96. The van der Waals surface area contributed by atoms with Crippen molar-refractivity contribution in [2.24, 2.45) is 5.92 Å². The van der Waals surface area contributed by atoms with Gasteiger partial charge in [0.15, 0.2) is 11.5 Å². The van der Waals surface area contributed by atoms with E-state index in [1.165, 1.54) is 4.90 Å². The molecule has 1 aliphatic heterocycles. The summed E-state index contributed by atoms with van der Waals surface area (Å²) in [6.07, 6.45) is 0.726. The largest absolute Gasteiger partial charge is 0.486 e. The Labute approximate surface area is 157 Å². The van der Waals surface area contributed by atoms with Crippen LogP contribution in [0.5, 0.6) is 11.5 Å². The van der Waals surface area contributed by atoms with Gasteiger partial charge in [0, 0.05) is 12.5 Å². The predicted molar refractivity (Wildman–Crippen MR) is 97.8 cm³/mol. The zero-order valence-corrected chi connectivity index (χ0v) is 14.8. The molecule has 27 heavy (non-hydrogen) atoms. The number of aliphatic carboxylic acids is 1. The maximum Gasteiger partial charge on any atom is 0.323 e. The fraction of sp³-hybridized carbons (Fsp3) is 0.333. The van der Waals surface area contributed by atoms with Crippen molar-refractivity contribution in [3.63, 3.8) is 0 Å². The number of benzene rings is 2. The molecule has 140 valence electrons. The Hall–Kier alpha value is -3.02. The van der Waals surface area contributed by atoms with E-state index >= 15 is 0 Å². The van der Waals surface area contributed by atoms with Crippen LogP contribution in [0.1, 0.15) is 23.5 Å². The number of hydrogen-bond acceptors (Lipinski definition) is 4. The molecule has 0 spiro atoms. The van der Waals surface area contributed by atoms with E-state index < -0.39 is 5.97 Å². The van der Waals surface area contributed by atoms with Crippen molar-refractivity contribution >= 4 is 11.9 Å². The van der Waals surface area contributed by atoms with Gasteiger partial charge in [-0.1, -0.05) is 36.4 Å². The van der Waals surface area contributed by atoms with Gasteiger partial charge in [0.2, 0.25) is 5.91 Å². The first kappa shape index (κ1) is 17.4. The predicted octanol–water partition coefficient (Wildman–Crippen LogP) is 2.67. The molecule has 2 atom stereocenters. The molecule has 0 bridgehead atoms. The van der Waals surface area contributed by atoms with Gasteiger partial charge in [-0.05, 0) is 35.6 Å². The summed E-state index contributed by atoms with van der Waals surface area (Å²) in [6, 6.07) is 15.2. The minimum Gasteiger partial charge on any atom is -0.486 e. The Morgan fingerprint density at radius 2 is 1.78 bits per heavy atom. The van der Waals surface area contributed by atoms with Crippen molar-refractivity contribution in [1.82, 2.24) is 4.90 Å². The van der Waals surface area contributed by atoms with Crippen LogP contribution in [0.4, 0.5) is 0 Å². The van der Waals surface area contributed by atoms with Crippen LogP contribution in [0.25, 0.3) is 0 Å². The minimum absolute atomic E-state index is 0.0976. The third-order valence-electron chi connectivity index (χ3n) is 4.96. The molecule has 0 aromatic heterocycles. The molecule has 1 aliphatic carbocycles. The highest BCUT2D eigenvalue weighted by atomic mass is 16.6. The minimum atomic E-state index is -1.00. The highest BCUT2D eigenvalue weighted by Crippen LogP contribution is 2.50. The summed E-state index contributed by atoms with van der Waals surface area (Å²) < 4.78 is 11.2. The van der Waals surface area contributed by atoms with Gasteiger partial charge >= 0.3 is 5.97 Å². The Morgan fingerprint density at radius 3 is 2.52 bits per heavy atom. The standard InChI is InChI=1S/C21H21NO5/c23-20(24)13-22(12-14-4-2-1-3-5-14)21(25)17-11-16(17)15-6-7-18-19(10-15)27-9-8-26-18/h1-7,10,16-17H,8-9,11-13H2,(H,23,24). The van der Waals surface area contributed by atoms with Crippen molar-refractivity contribution in [1.29, 1.82) is 0 Å². The average Bonchev–Trinajstić information content (AvgIpc) is 3.48. The van der Waals surface area contributed by atoms with E-state index in [1.54, 1.807) is 0 Å². The van der Waals surface area contributed by atoms with Crippen LogP contribution in [0.3, 0.4) is 0 Å². The number of carboxylic acid groups (broad SMARTS) is 1. The summed E-state index contributed by atoms with van der Waals surface area (Å²) in [5.74, 6) is 0.238. The lowest BCUT2D eigenvalue weighted by molar-refractivity contribution is -0.145. The van der Waals surface area contributed by atoms with E-state index in [1.807, 2.05) is 48.5 Å². The van der Waals surface area contributed by atoms with Crippen molar-refractivity contribution in [3.05, 3.63) is 59.7 Å². The molecule has 2 aromatic rings. The second-order valence-electron chi connectivity index (χ2n) is 6.93. The van der Waals surface area contributed by atoms with Crippen molar-refractivity contribution < 1.29 is 24.2 Å². The summed E-state index contributed by atoms with van der Waals surface area (Å²) in [5.41, 5.74) is 1.95. The van der Waals surface area contributed by atoms with Crippen LogP contribution in [-0.2, 0) is 16.1 Å². The summed E-state index contributed by atoms with van der Waals surface area (Å²) in [4.78, 5) is 25.6. The molecule has 2 aliphatic rings. The van der Waals surface area contributed by atoms with Gasteiger partial charge < -0.3 is 19.5 Å². The van der Waals surface area contributed by atoms with E-state index in [0.717, 1.165) is 23.3 Å². The molecule has 6 heteroatoms. The van der Waals surface area contributed by atoms with E-state index in [4.69, 9.17) is 9.47 Å². The Balaban J connectivity index is 1.47. The monoisotopic (exact) mass is 367 g/mol. The number of ether oxygens (including phenoxy) is 2. The number of hydrogen-bond donors (Lipinski definition) is 1. The third kappa shape index (κ3) is 3.89. The van der Waals surface area contributed by atoms with Crippen molar-refractivity contribution in [2.75, 3.05) is 19.8 Å². The van der Waals surface area contributed by atoms with Crippen molar-refractivity contribution in [2.45, 2.75) is 18.9 Å². The number of fused-ring (bicyclic) bond motifs is 1. The maximum absolute atomic E-state index is 12.9. The number of rotatable bonds is 6. The van der Waals surface area contributed by atoms with Crippen LogP contribution in [-0.4, -0.2) is 41.6 Å². The van der Waals surface area contributed by atoms with Gasteiger partial charge in [-0.25, -0.2) is 0 Å². The molecule has 1 saturated carbocycles. The summed E-state index contributed by atoms with van der Waals surface area (Å²) >= 11 is 0. The molecule has 0 saturated heterocycles. The Kier molecular flexibility index (Phi) is 4.71. The quantitative estimate of drug-likeness (QED) is 0.850. The van der Waals surface area contributed by atoms with Gasteiger partial charge in [0.25, 0.3) is 0 Å². The first-order chi connectivity index (χ1) is 13.1. The molecule has 2 unspecified atom stereocenters. The van der Waals surface area contributed by atoms with E-state index in [2.05, 4.69) is 0 Å². The van der Waals surface area contributed by atoms with E-state index in [9.17, 15) is 14.7 Å². The zero-order chi connectivity index (χ0) is 18.8. The number of carbonyl (C=O) groups is 2. The highest BCUT2D eigenvalue weighted by Gasteiger charge is 2.46. The SMILES string of the molecule is O=C(O)CN(Cc1ccccc1)C(=O)C1CC1c1ccc2c(c1)OCCO2. The molecule has 2 aromatic carbocycles. The van der Waals surface area contributed by atoms with E-state index in [-0.39, 0.29) is 24.3 Å². The molecule has 1 amide bonds. The Bertz CT molecular complexity index is 851. The van der Waals surface area contributed by atoms with E-state index in [0.29, 0.717) is 25.5 Å². The summed E-state index contributed by atoms with van der Waals surface area (Å²) in [6.45, 7) is 1.07. The molecule has 6 nitrogen and oxygen atoms in total. The average molecular weight is 367 g/mol. The molecule has 4 rings (SSSR count). The lowest BCUT2D eigenvalue weighted by Gasteiger charge is -2.21. The van der Waals surface area contributed by atoms with Gasteiger partial charge in [-0.15, -0.1) is 0 Å².